The summed E-state index contributed by atoms with van der Waals surface area (Å²) in [6.07, 6.45) is 2.62. The van der Waals surface area contributed by atoms with Crippen molar-refractivity contribution >= 4 is 5.96 Å². The Morgan fingerprint density at radius 2 is 2.22 bits per heavy atom. The molecule has 0 bridgehead atoms. The lowest BCUT2D eigenvalue weighted by Gasteiger charge is -2.22. The minimum absolute atomic E-state index is 0.240. The average molecular weight is 321 g/mol. The van der Waals surface area contributed by atoms with E-state index in [1.165, 1.54) is 12.8 Å². The van der Waals surface area contributed by atoms with Gasteiger partial charge in [-0.2, -0.15) is 0 Å². The van der Waals surface area contributed by atoms with E-state index in [1.807, 2.05) is 18.0 Å². The Balaban J connectivity index is 1.79. The van der Waals surface area contributed by atoms with E-state index >= 15 is 0 Å². The van der Waals surface area contributed by atoms with Gasteiger partial charge < -0.3 is 24.8 Å². The van der Waals surface area contributed by atoms with E-state index in [0.717, 1.165) is 36.3 Å². The highest BCUT2D eigenvalue weighted by molar-refractivity contribution is 5.79. The molecule has 0 atom stereocenters. The first kappa shape index (κ1) is 17.4. The Bertz CT molecular complexity index is 530. The number of aromatic hydroxyl groups is 1. The molecule has 0 spiro atoms. The molecule has 1 aromatic carbocycles. The SMILES string of the molecule is CN=C(NCc1cc(OC)ccc1O)N(C)CCOCC1CC1. The van der Waals surface area contributed by atoms with Gasteiger partial charge in [0.25, 0.3) is 0 Å². The van der Waals surface area contributed by atoms with Gasteiger partial charge in [0.15, 0.2) is 5.96 Å². The number of hydrogen-bond donors (Lipinski definition) is 2. The van der Waals surface area contributed by atoms with Crippen molar-refractivity contribution in [3.05, 3.63) is 23.8 Å². The second-order valence-electron chi connectivity index (χ2n) is 5.84. The summed E-state index contributed by atoms with van der Waals surface area (Å²) >= 11 is 0. The number of nitrogens with zero attached hydrogens (tertiary/aromatic N) is 2. The monoisotopic (exact) mass is 321 g/mol. The van der Waals surface area contributed by atoms with Crippen LogP contribution in [0.25, 0.3) is 0 Å². The van der Waals surface area contributed by atoms with Crippen molar-refractivity contribution in [2.24, 2.45) is 10.9 Å². The van der Waals surface area contributed by atoms with Crippen molar-refractivity contribution in [2.45, 2.75) is 19.4 Å². The van der Waals surface area contributed by atoms with Gasteiger partial charge in [-0.25, -0.2) is 0 Å². The predicted molar refractivity (Wildman–Crippen MR) is 91.0 cm³/mol. The van der Waals surface area contributed by atoms with Gasteiger partial charge in [0.05, 0.1) is 13.7 Å². The Labute approximate surface area is 138 Å². The molecule has 0 radical (unpaired) electrons. The van der Waals surface area contributed by atoms with E-state index in [2.05, 4.69) is 10.3 Å². The van der Waals surface area contributed by atoms with Crippen LogP contribution in [-0.4, -0.2) is 56.9 Å². The fourth-order valence-corrected chi connectivity index (χ4v) is 2.23. The highest BCUT2D eigenvalue weighted by Gasteiger charge is 2.21. The molecule has 0 unspecified atom stereocenters. The molecule has 2 N–H and O–H groups in total. The lowest BCUT2D eigenvalue weighted by molar-refractivity contribution is 0.115. The zero-order chi connectivity index (χ0) is 16.7. The van der Waals surface area contributed by atoms with Crippen LogP contribution in [0, 0.1) is 5.92 Å². The maximum atomic E-state index is 9.92. The maximum absolute atomic E-state index is 9.92. The van der Waals surface area contributed by atoms with Crippen LogP contribution in [-0.2, 0) is 11.3 Å². The summed E-state index contributed by atoms with van der Waals surface area (Å²) in [7, 11) is 5.33. The summed E-state index contributed by atoms with van der Waals surface area (Å²) in [5.74, 6) is 2.51. The van der Waals surface area contributed by atoms with Crippen LogP contribution in [0.2, 0.25) is 0 Å². The van der Waals surface area contributed by atoms with Gasteiger partial charge in [0, 0.05) is 39.4 Å². The van der Waals surface area contributed by atoms with Gasteiger partial charge in [0.2, 0.25) is 0 Å². The molecule has 0 aliphatic heterocycles. The molecule has 0 heterocycles. The van der Waals surface area contributed by atoms with Crippen LogP contribution in [0.3, 0.4) is 0 Å². The van der Waals surface area contributed by atoms with Crippen molar-refractivity contribution in [1.82, 2.24) is 10.2 Å². The molecule has 0 aromatic heterocycles. The van der Waals surface area contributed by atoms with Crippen LogP contribution >= 0.6 is 0 Å². The number of hydrogen-bond acceptors (Lipinski definition) is 4. The standard InChI is InChI=1S/C17H27N3O3/c1-18-17(20(2)8-9-23-12-13-4-5-13)19-11-14-10-15(22-3)6-7-16(14)21/h6-7,10,13,21H,4-5,8-9,11-12H2,1-3H3,(H,18,19). The van der Waals surface area contributed by atoms with Crippen LogP contribution in [0.15, 0.2) is 23.2 Å². The maximum Gasteiger partial charge on any atom is 0.193 e. The molecule has 0 saturated heterocycles. The van der Waals surface area contributed by atoms with Gasteiger partial charge in [0.1, 0.15) is 11.5 Å². The Morgan fingerprint density at radius 1 is 1.43 bits per heavy atom. The molecule has 2 rings (SSSR count). The number of aliphatic imine (C=N–C) groups is 1. The van der Waals surface area contributed by atoms with Gasteiger partial charge in [-0.15, -0.1) is 0 Å². The molecule has 128 valence electrons. The fraction of sp³-hybridized carbons (Fsp3) is 0.588. The first-order valence-electron chi connectivity index (χ1n) is 7.99. The molecule has 0 amide bonds. The van der Waals surface area contributed by atoms with Crippen molar-refractivity contribution in [3.63, 3.8) is 0 Å². The quantitative estimate of drug-likeness (QED) is 0.434. The number of methoxy groups -OCH3 is 1. The number of ether oxygens (including phenoxy) is 2. The largest absolute Gasteiger partial charge is 0.508 e. The summed E-state index contributed by atoms with van der Waals surface area (Å²) in [5.41, 5.74) is 0.767. The predicted octanol–water partition coefficient (Wildman–Crippen LogP) is 1.83. The van der Waals surface area contributed by atoms with Gasteiger partial charge >= 0.3 is 0 Å². The van der Waals surface area contributed by atoms with E-state index in [0.29, 0.717) is 13.2 Å². The van der Waals surface area contributed by atoms with E-state index in [1.54, 1.807) is 26.3 Å². The second kappa shape index (κ2) is 8.62. The summed E-state index contributed by atoms with van der Waals surface area (Å²) in [6, 6.07) is 5.18. The zero-order valence-electron chi connectivity index (χ0n) is 14.2. The van der Waals surface area contributed by atoms with Crippen LogP contribution in [0.5, 0.6) is 11.5 Å². The van der Waals surface area contributed by atoms with Crippen LogP contribution < -0.4 is 10.1 Å². The average Bonchev–Trinajstić information content (AvgIpc) is 3.38. The summed E-state index contributed by atoms with van der Waals surface area (Å²) < 4.78 is 10.8. The Morgan fingerprint density at radius 3 is 2.87 bits per heavy atom. The third kappa shape index (κ3) is 5.63. The summed E-state index contributed by atoms with van der Waals surface area (Å²) in [5, 5.41) is 13.2. The van der Waals surface area contributed by atoms with Crippen LogP contribution in [0.1, 0.15) is 18.4 Å². The first-order valence-corrected chi connectivity index (χ1v) is 7.99. The first-order chi connectivity index (χ1) is 11.1. The number of nitrogens with one attached hydrogen (secondary N) is 1. The molecule has 6 nitrogen and oxygen atoms in total. The summed E-state index contributed by atoms with van der Waals surface area (Å²) in [6.45, 7) is 2.81. The van der Waals surface area contributed by atoms with Crippen LogP contribution in [0.4, 0.5) is 0 Å². The summed E-state index contributed by atoms with van der Waals surface area (Å²) in [4.78, 5) is 6.28. The van der Waals surface area contributed by atoms with Crippen molar-refractivity contribution in [3.8, 4) is 11.5 Å². The van der Waals surface area contributed by atoms with Crippen molar-refractivity contribution < 1.29 is 14.6 Å². The zero-order valence-corrected chi connectivity index (χ0v) is 14.2. The molecule has 1 aliphatic carbocycles. The molecule has 1 aliphatic rings. The molecule has 6 heteroatoms. The van der Waals surface area contributed by atoms with E-state index in [9.17, 15) is 5.11 Å². The number of rotatable bonds is 8. The molecule has 1 aromatic rings. The highest BCUT2D eigenvalue weighted by Crippen LogP contribution is 2.28. The number of guanidine groups is 1. The lowest BCUT2D eigenvalue weighted by Crippen LogP contribution is -2.40. The van der Waals surface area contributed by atoms with E-state index in [4.69, 9.17) is 9.47 Å². The topological polar surface area (TPSA) is 66.3 Å². The third-order valence-electron chi connectivity index (χ3n) is 3.92. The second-order valence-corrected chi connectivity index (χ2v) is 5.84. The normalized spacial score (nSPS) is 14.7. The molecular formula is C17H27N3O3. The number of likely N-dealkylation sites (N-methyl/N-ethyl adjacent to an activating group) is 1. The van der Waals surface area contributed by atoms with E-state index < -0.39 is 0 Å². The Hall–Kier alpha value is -1.95. The molecule has 1 saturated carbocycles. The molecule has 23 heavy (non-hydrogen) atoms. The minimum atomic E-state index is 0.240. The number of benzene rings is 1. The van der Waals surface area contributed by atoms with Crippen molar-refractivity contribution in [1.29, 1.82) is 0 Å². The highest BCUT2D eigenvalue weighted by atomic mass is 16.5. The van der Waals surface area contributed by atoms with Gasteiger partial charge in [-0.05, 0) is 37.0 Å². The molecule has 1 fully saturated rings. The van der Waals surface area contributed by atoms with Crippen molar-refractivity contribution in [2.75, 3.05) is 41.0 Å². The van der Waals surface area contributed by atoms with E-state index in [-0.39, 0.29) is 5.75 Å². The third-order valence-corrected chi connectivity index (χ3v) is 3.92. The fourth-order valence-electron chi connectivity index (χ4n) is 2.23. The minimum Gasteiger partial charge on any atom is -0.508 e. The number of phenols is 1. The Kier molecular flexibility index (Phi) is 6.52. The van der Waals surface area contributed by atoms with Gasteiger partial charge in [-0.3, -0.25) is 4.99 Å². The molecular weight excluding hydrogens is 294 g/mol. The lowest BCUT2D eigenvalue weighted by atomic mass is 10.2. The number of phenolic OH excluding ortho intramolecular Hbond substituents is 1. The van der Waals surface area contributed by atoms with Gasteiger partial charge in [-0.1, -0.05) is 0 Å². The smallest absolute Gasteiger partial charge is 0.193 e.